The molecule has 0 unspecified atom stereocenters. The lowest BCUT2D eigenvalue weighted by molar-refractivity contribution is 0.595. The SMILES string of the molecule is Cc1cc(S(=O)(=O)c2cc(C)c(N)c(C(C)C)c2)cc(C(C)C)c1N. The first-order chi connectivity index (χ1) is 11.5. The van der Waals surface area contributed by atoms with E-state index in [1.165, 1.54) is 0 Å². The predicted octanol–water partition coefficient (Wildman–Crippen LogP) is 4.55. The highest BCUT2D eigenvalue weighted by Crippen LogP contribution is 2.34. The molecule has 0 atom stereocenters. The van der Waals surface area contributed by atoms with Crippen LogP contribution in [-0.2, 0) is 9.84 Å². The third-order valence-electron chi connectivity index (χ3n) is 4.65. The summed E-state index contributed by atoms with van der Waals surface area (Å²) < 4.78 is 26.5. The molecule has 2 rings (SSSR count). The third-order valence-corrected chi connectivity index (χ3v) is 6.36. The lowest BCUT2D eigenvalue weighted by atomic mass is 9.98. The largest absolute Gasteiger partial charge is 0.398 e. The van der Waals surface area contributed by atoms with E-state index < -0.39 is 9.84 Å². The fourth-order valence-corrected chi connectivity index (χ4v) is 4.48. The van der Waals surface area contributed by atoms with Gasteiger partial charge in [0.05, 0.1) is 9.79 Å². The smallest absolute Gasteiger partial charge is 0.206 e. The maximum absolute atomic E-state index is 13.2. The highest BCUT2D eigenvalue weighted by Gasteiger charge is 2.23. The van der Waals surface area contributed by atoms with Crippen LogP contribution >= 0.6 is 0 Å². The van der Waals surface area contributed by atoms with Crippen molar-refractivity contribution in [2.75, 3.05) is 11.5 Å². The summed E-state index contributed by atoms with van der Waals surface area (Å²) in [4.78, 5) is 0.559. The summed E-state index contributed by atoms with van der Waals surface area (Å²) in [5, 5.41) is 0. The maximum Gasteiger partial charge on any atom is 0.206 e. The van der Waals surface area contributed by atoms with E-state index in [-0.39, 0.29) is 21.6 Å². The fraction of sp³-hybridized carbons (Fsp3) is 0.400. The Morgan fingerprint density at radius 1 is 0.720 bits per heavy atom. The Morgan fingerprint density at radius 3 is 1.32 bits per heavy atom. The number of nitrogen functional groups attached to an aromatic ring is 2. The number of anilines is 2. The van der Waals surface area contributed by atoms with Crippen molar-refractivity contribution < 1.29 is 8.42 Å². The number of aryl methyl sites for hydroxylation is 2. The third kappa shape index (κ3) is 3.52. The summed E-state index contributed by atoms with van der Waals surface area (Å²) in [5.41, 5.74) is 16.8. The molecule has 0 saturated heterocycles. The molecule has 136 valence electrons. The van der Waals surface area contributed by atoms with E-state index in [1.54, 1.807) is 24.3 Å². The molecule has 0 saturated carbocycles. The van der Waals surface area contributed by atoms with Crippen molar-refractivity contribution in [1.29, 1.82) is 0 Å². The molecule has 0 amide bonds. The van der Waals surface area contributed by atoms with Crippen LogP contribution in [0.5, 0.6) is 0 Å². The van der Waals surface area contributed by atoms with Crippen molar-refractivity contribution in [3.05, 3.63) is 46.5 Å². The molecule has 0 aliphatic rings. The van der Waals surface area contributed by atoms with Gasteiger partial charge in [0.15, 0.2) is 0 Å². The van der Waals surface area contributed by atoms with E-state index in [4.69, 9.17) is 11.5 Å². The minimum Gasteiger partial charge on any atom is -0.398 e. The van der Waals surface area contributed by atoms with Gasteiger partial charge in [-0.2, -0.15) is 0 Å². The van der Waals surface area contributed by atoms with E-state index in [9.17, 15) is 8.42 Å². The van der Waals surface area contributed by atoms with E-state index >= 15 is 0 Å². The number of benzene rings is 2. The molecule has 5 heteroatoms. The topological polar surface area (TPSA) is 86.2 Å². The lowest BCUT2D eigenvalue weighted by Gasteiger charge is -2.17. The van der Waals surface area contributed by atoms with Crippen LogP contribution in [0.15, 0.2) is 34.1 Å². The van der Waals surface area contributed by atoms with Crippen LogP contribution in [0.3, 0.4) is 0 Å². The van der Waals surface area contributed by atoms with E-state index in [0.29, 0.717) is 11.4 Å². The Bertz CT molecular complexity index is 844. The van der Waals surface area contributed by atoms with Crippen LogP contribution < -0.4 is 11.5 Å². The summed E-state index contributed by atoms with van der Waals surface area (Å²) in [6.45, 7) is 11.7. The first-order valence-electron chi connectivity index (χ1n) is 8.52. The molecule has 2 aromatic carbocycles. The number of nitrogens with two attached hydrogens (primary N) is 2. The molecule has 0 aliphatic carbocycles. The molecule has 0 radical (unpaired) electrons. The van der Waals surface area contributed by atoms with Crippen molar-refractivity contribution in [2.45, 2.75) is 63.2 Å². The van der Waals surface area contributed by atoms with Crippen LogP contribution in [-0.4, -0.2) is 8.42 Å². The summed E-state index contributed by atoms with van der Waals surface area (Å²) in [5.74, 6) is 0.293. The van der Waals surface area contributed by atoms with Gasteiger partial charge in [0, 0.05) is 11.4 Å². The molecule has 2 aromatic rings. The van der Waals surface area contributed by atoms with Gasteiger partial charge in [0.2, 0.25) is 9.84 Å². The minimum absolute atomic E-state index is 0.147. The van der Waals surface area contributed by atoms with Gasteiger partial charge in [0.25, 0.3) is 0 Å². The van der Waals surface area contributed by atoms with E-state index in [0.717, 1.165) is 22.3 Å². The van der Waals surface area contributed by atoms with Crippen LogP contribution in [0, 0.1) is 13.8 Å². The molecule has 0 aliphatic heterocycles. The molecule has 0 spiro atoms. The molecular formula is C20H28N2O2S. The average molecular weight is 361 g/mol. The highest BCUT2D eigenvalue weighted by atomic mass is 32.2. The molecule has 4 N–H and O–H groups in total. The Hall–Kier alpha value is -2.01. The van der Waals surface area contributed by atoms with Crippen molar-refractivity contribution in [2.24, 2.45) is 0 Å². The van der Waals surface area contributed by atoms with Crippen LogP contribution in [0.4, 0.5) is 11.4 Å². The summed E-state index contributed by atoms with van der Waals surface area (Å²) in [6.07, 6.45) is 0. The van der Waals surface area contributed by atoms with E-state index in [1.807, 2.05) is 41.5 Å². The second-order valence-corrected chi connectivity index (χ2v) is 9.25. The Balaban J connectivity index is 2.72. The van der Waals surface area contributed by atoms with Crippen LogP contribution in [0.1, 0.15) is 61.8 Å². The average Bonchev–Trinajstić information content (AvgIpc) is 2.51. The molecule has 0 aromatic heterocycles. The first-order valence-corrected chi connectivity index (χ1v) is 10.00. The maximum atomic E-state index is 13.2. The van der Waals surface area contributed by atoms with Crippen molar-refractivity contribution in [3.8, 4) is 0 Å². The van der Waals surface area contributed by atoms with Crippen LogP contribution in [0.25, 0.3) is 0 Å². The van der Waals surface area contributed by atoms with Gasteiger partial charge >= 0.3 is 0 Å². The molecule has 0 bridgehead atoms. The van der Waals surface area contributed by atoms with E-state index in [2.05, 4.69) is 0 Å². The standard InChI is InChI=1S/C20H28N2O2S/c1-11(2)17-9-15(7-13(5)19(17)21)25(23,24)16-8-14(6)20(22)18(10-16)12(3)4/h7-12H,21-22H2,1-6H3. The quantitative estimate of drug-likeness (QED) is 0.783. The van der Waals surface area contributed by atoms with Crippen molar-refractivity contribution in [1.82, 2.24) is 0 Å². The van der Waals surface area contributed by atoms with Gasteiger partial charge in [-0.05, 0) is 72.2 Å². The molecule has 0 heterocycles. The normalized spacial score (nSPS) is 12.2. The van der Waals surface area contributed by atoms with Crippen molar-refractivity contribution in [3.63, 3.8) is 0 Å². The van der Waals surface area contributed by atoms with Gasteiger partial charge in [-0.3, -0.25) is 0 Å². The number of hydrogen-bond acceptors (Lipinski definition) is 4. The second kappa shape index (κ2) is 6.71. The predicted molar refractivity (Wildman–Crippen MR) is 105 cm³/mol. The Morgan fingerprint density at radius 2 is 1.04 bits per heavy atom. The van der Waals surface area contributed by atoms with Gasteiger partial charge < -0.3 is 11.5 Å². The van der Waals surface area contributed by atoms with Gasteiger partial charge in [-0.1, -0.05) is 27.7 Å². The summed E-state index contributed by atoms with van der Waals surface area (Å²) >= 11 is 0. The minimum atomic E-state index is -3.64. The Labute approximate surface area is 151 Å². The highest BCUT2D eigenvalue weighted by molar-refractivity contribution is 7.91. The molecule has 0 fully saturated rings. The number of rotatable bonds is 4. The fourth-order valence-electron chi connectivity index (χ4n) is 2.98. The van der Waals surface area contributed by atoms with Gasteiger partial charge in [-0.15, -0.1) is 0 Å². The monoisotopic (exact) mass is 360 g/mol. The lowest BCUT2D eigenvalue weighted by Crippen LogP contribution is -2.09. The number of hydrogen-bond donors (Lipinski definition) is 2. The first kappa shape index (κ1) is 19.3. The molecular weight excluding hydrogens is 332 g/mol. The zero-order valence-electron chi connectivity index (χ0n) is 15.8. The van der Waals surface area contributed by atoms with Gasteiger partial charge in [-0.25, -0.2) is 8.42 Å². The zero-order chi connectivity index (χ0) is 19.1. The summed E-state index contributed by atoms with van der Waals surface area (Å²) in [6, 6.07) is 6.70. The molecule has 25 heavy (non-hydrogen) atoms. The summed E-state index contributed by atoms with van der Waals surface area (Å²) in [7, 11) is -3.64. The van der Waals surface area contributed by atoms with Gasteiger partial charge in [0.1, 0.15) is 0 Å². The second-order valence-electron chi connectivity index (χ2n) is 7.30. The Kier molecular flexibility index (Phi) is 5.19. The number of sulfone groups is 1. The zero-order valence-corrected chi connectivity index (χ0v) is 16.7. The molecule has 4 nitrogen and oxygen atoms in total. The van der Waals surface area contributed by atoms with Crippen LogP contribution in [0.2, 0.25) is 0 Å². The van der Waals surface area contributed by atoms with Crippen molar-refractivity contribution >= 4 is 21.2 Å².